The van der Waals surface area contributed by atoms with Gasteiger partial charge in [0.1, 0.15) is 0 Å². The predicted octanol–water partition coefficient (Wildman–Crippen LogP) is 17.0. The highest BCUT2D eigenvalue weighted by atomic mass is 32.1. The number of hydrogen-bond donors (Lipinski definition) is 0. The van der Waals surface area contributed by atoms with Gasteiger partial charge in [0.05, 0.1) is 11.0 Å². The topological polar surface area (TPSA) is 8.17 Å². The molecule has 0 N–H and O–H groups in total. The lowest BCUT2D eigenvalue weighted by Crippen LogP contribution is -2.16. The maximum Gasteiger partial charge on any atom is 0.0542 e. The van der Waals surface area contributed by atoms with E-state index in [0.29, 0.717) is 0 Å². The van der Waals surface area contributed by atoms with Crippen LogP contribution in [0.25, 0.3) is 90.1 Å². The number of rotatable bonds is 5. The molecule has 0 atom stereocenters. The molecule has 2 nitrogen and oxygen atoms in total. The molecule has 0 amide bonds. The van der Waals surface area contributed by atoms with Crippen LogP contribution in [0.3, 0.4) is 0 Å². The number of thiophene rings is 2. The van der Waals surface area contributed by atoms with Crippen molar-refractivity contribution in [3.63, 3.8) is 0 Å². The minimum Gasteiger partial charge on any atom is -0.310 e. The van der Waals surface area contributed by atoms with Gasteiger partial charge in [0, 0.05) is 84.8 Å². The highest BCUT2D eigenvalue weighted by Crippen LogP contribution is 2.55. The van der Waals surface area contributed by atoms with E-state index in [-0.39, 0.29) is 5.41 Å². The molecule has 1 aliphatic carbocycles. The summed E-state index contributed by atoms with van der Waals surface area (Å²) in [5.74, 6) is 0. The molecule has 0 radical (unpaired) electrons. The van der Waals surface area contributed by atoms with Gasteiger partial charge in [-0.2, -0.15) is 0 Å². The standard InChI is InChI=1S/C57H38N2S2/c1-57(2)48-31-30-45-43-17-8-11-22-53(43)61-56(45)54(48)46-29-27-39(34-49(46)57)58(37-25-23-35(24-26-37)40-18-12-19-44-42-16-7-10-21-52(42)60-55(40)44)38-28-32-51-47(33-38)41-15-6-9-20-50(41)59(51)36-13-4-3-5-14-36/h3-34H,1-2H3. The first-order valence-electron chi connectivity index (χ1n) is 21.0. The molecule has 3 aromatic heterocycles. The van der Waals surface area contributed by atoms with Crippen LogP contribution in [0.15, 0.2) is 194 Å². The summed E-state index contributed by atoms with van der Waals surface area (Å²) in [5, 5.41) is 7.81. The summed E-state index contributed by atoms with van der Waals surface area (Å²) in [7, 11) is 0. The van der Waals surface area contributed by atoms with Crippen LogP contribution in [0, 0.1) is 0 Å². The fourth-order valence-electron chi connectivity index (χ4n) is 10.3. The van der Waals surface area contributed by atoms with Crippen molar-refractivity contribution in [3.8, 4) is 27.9 Å². The van der Waals surface area contributed by atoms with Crippen molar-refractivity contribution in [1.82, 2.24) is 4.57 Å². The van der Waals surface area contributed by atoms with Gasteiger partial charge in [-0.3, -0.25) is 0 Å². The number of fused-ring (bicyclic) bond motifs is 13. The second kappa shape index (κ2) is 13.0. The van der Waals surface area contributed by atoms with Crippen LogP contribution < -0.4 is 4.90 Å². The summed E-state index contributed by atoms with van der Waals surface area (Å²) in [4.78, 5) is 2.46. The molecule has 12 aromatic rings. The Hall–Kier alpha value is -6.98. The first-order valence-corrected chi connectivity index (χ1v) is 22.6. The quantitative estimate of drug-likeness (QED) is 0.168. The van der Waals surface area contributed by atoms with Gasteiger partial charge in [0.2, 0.25) is 0 Å². The monoisotopic (exact) mass is 814 g/mol. The van der Waals surface area contributed by atoms with Crippen molar-refractivity contribution in [1.29, 1.82) is 0 Å². The van der Waals surface area contributed by atoms with Gasteiger partial charge in [-0.15, -0.1) is 22.7 Å². The van der Waals surface area contributed by atoms with E-state index >= 15 is 0 Å². The first kappa shape index (κ1) is 34.8. The van der Waals surface area contributed by atoms with E-state index < -0.39 is 0 Å². The summed E-state index contributed by atoms with van der Waals surface area (Å²) in [6, 6.07) is 72.1. The molecule has 3 heterocycles. The van der Waals surface area contributed by atoms with E-state index in [2.05, 4.69) is 217 Å². The number of hydrogen-bond acceptors (Lipinski definition) is 3. The van der Waals surface area contributed by atoms with E-state index in [0.717, 1.165) is 22.7 Å². The van der Waals surface area contributed by atoms with E-state index in [4.69, 9.17) is 0 Å². The third-order valence-corrected chi connectivity index (χ3v) is 15.6. The van der Waals surface area contributed by atoms with Crippen LogP contribution in [-0.2, 0) is 5.41 Å². The van der Waals surface area contributed by atoms with Crippen LogP contribution in [-0.4, -0.2) is 4.57 Å². The van der Waals surface area contributed by atoms with Crippen molar-refractivity contribution in [2.45, 2.75) is 19.3 Å². The number of nitrogens with zero attached hydrogens (tertiary/aromatic N) is 2. The Morgan fingerprint density at radius 3 is 1.80 bits per heavy atom. The van der Waals surface area contributed by atoms with Crippen LogP contribution in [0.1, 0.15) is 25.0 Å². The summed E-state index contributed by atoms with van der Waals surface area (Å²) in [5.41, 5.74) is 14.8. The molecule has 61 heavy (non-hydrogen) atoms. The molecule has 0 spiro atoms. The number of para-hydroxylation sites is 2. The van der Waals surface area contributed by atoms with Gasteiger partial charge in [0.25, 0.3) is 0 Å². The minimum absolute atomic E-state index is 0.170. The summed E-state index contributed by atoms with van der Waals surface area (Å²) >= 11 is 3.81. The van der Waals surface area contributed by atoms with Gasteiger partial charge in [0.15, 0.2) is 0 Å². The maximum absolute atomic E-state index is 2.47. The number of anilines is 3. The smallest absolute Gasteiger partial charge is 0.0542 e. The van der Waals surface area contributed by atoms with E-state index in [1.165, 1.54) is 95.5 Å². The zero-order valence-corrected chi connectivity index (χ0v) is 35.3. The van der Waals surface area contributed by atoms with Crippen molar-refractivity contribution in [2.24, 2.45) is 0 Å². The van der Waals surface area contributed by atoms with Gasteiger partial charge in [-0.1, -0.05) is 135 Å². The molecule has 0 saturated heterocycles. The fourth-order valence-corrected chi connectivity index (χ4v) is 12.8. The molecular formula is C57H38N2S2. The highest BCUT2D eigenvalue weighted by Gasteiger charge is 2.38. The zero-order chi connectivity index (χ0) is 40.4. The maximum atomic E-state index is 2.47. The average Bonchev–Trinajstić information content (AvgIpc) is 4.04. The molecule has 0 fully saturated rings. The van der Waals surface area contributed by atoms with Crippen molar-refractivity contribution < 1.29 is 0 Å². The van der Waals surface area contributed by atoms with Crippen molar-refractivity contribution in [3.05, 3.63) is 205 Å². The number of aromatic nitrogens is 1. The van der Waals surface area contributed by atoms with Crippen molar-refractivity contribution in [2.75, 3.05) is 4.90 Å². The Balaban J connectivity index is 1.01. The Morgan fingerprint density at radius 2 is 1.02 bits per heavy atom. The highest BCUT2D eigenvalue weighted by molar-refractivity contribution is 7.26. The Bertz CT molecular complexity index is 3730. The molecule has 1 aliphatic rings. The molecule has 0 saturated carbocycles. The number of benzene rings is 9. The van der Waals surface area contributed by atoms with Gasteiger partial charge >= 0.3 is 0 Å². The minimum atomic E-state index is -0.170. The van der Waals surface area contributed by atoms with Gasteiger partial charge < -0.3 is 9.47 Å². The van der Waals surface area contributed by atoms with Gasteiger partial charge in [-0.05, 0) is 101 Å². The second-order valence-electron chi connectivity index (χ2n) is 16.9. The lowest BCUT2D eigenvalue weighted by Gasteiger charge is -2.28. The average molecular weight is 815 g/mol. The van der Waals surface area contributed by atoms with Gasteiger partial charge in [-0.25, -0.2) is 0 Å². The summed E-state index contributed by atoms with van der Waals surface area (Å²) in [6.45, 7) is 4.80. The van der Waals surface area contributed by atoms with E-state index in [9.17, 15) is 0 Å². The summed E-state index contributed by atoms with van der Waals surface area (Å²) < 4.78 is 7.79. The molecule has 288 valence electrons. The Labute approximate surface area is 361 Å². The molecule has 0 bridgehead atoms. The first-order chi connectivity index (χ1) is 30.0. The predicted molar refractivity (Wildman–Crippen MR) is 264 cm³/mol. The van der Waals surface area contributed by atoms with Crippen molar-refractivity contribution >= 4 is 102 Å². The zero-order valence-electron chi connectivity index (χ0n) is 33.7. The lowest BCUT2D eigenvalue weighted by atomic mass is 9.82. The fraction of sp³-hybridized carbons (Fsp3) is 0.0526. The molecule has 0 aliphatic heterocycles. The normalized spacial score (nSPS) is 13.2. The molecule has 0 unspecified atom stereocenters. The Kier molecular flexibility index (Phi) is 7.43. The van der Waals surface area contributed by atoms with Crippen LogP contribution in [0.4, 0.5) is 17.1 Å². The largest absolute Gasteiger partial charge is 0.310 e. The van der Waals surface area contributed by atoms with Crippen LogP contribution in [0.5, 0.6) is 0 Å². The third kappa shape index (κ3) is 5.07. The van der Waals surface area contributed by atoms with E-state index in [1.54, 1.807) is 0 Å². The molecule has 4 heteroatoms. The van der Waals surface area contributed by atoms with Crippen LogP contribution >= 0.6 is 22.7 Å². The molecule has 13 rings (SSSR count). The molecule has 9 aromatic carbocycles. The second-order valence-corrected chi connectivity index (χ2v) is 19.0. The Morgan fingerprint density at radius 1 is 0.410 bits per heavy atom. The molecular weight excluding hydrogens is 777 g/mol. The van der Waals surface area contributed by atoms with Crippen LogP contribution in [0.2, 0.25) is 0 Å². The SMILES string of the molecule is CC1(C)c2cc(N(c3ccc(-c4cccc5c4sc4ccccc45)cc3)c3ccc4c(c3)c3ccccc3n4-c3ccccc3)ccc2-c2c1ccc1c2sc2ccccc21. The third-order valence-electron chi connectivity index (χ3n) is 13.2. The lowest BCUT2D eigenvalue weighted by molar-refractivity contribution is 0.661. The summed E-state index contributed by atoms with van der Waals surface area (Å²) in [6.07, 6.45) is 0. The van der Waals surface area contributed by atoms with E-state index in [1.807, 2.05) is 22.7 Å².